The third-order valence-corrected chi connectivity index (χ3v) is 5.63. The molecule has 25 heavy (non-hydrogen) atoms. The van der Waals surface area contributed by atoms with Gasteiger partial charge in [-0.15, -0.1) is 5.10 Å². The van der Waals surface area contributed by atoms with E-state index in [1.165, 1.54) is 21.4 Å². The summed E-state index contributed by atoms with van der Waals surface area (Å²) in [4.78, 5) is 17.7. The maximum atomic E-state index is 12.6. The van der Waals surface area contributed by atoms with Crippen LogP contribution >= 0.6 is 27.3 Å². The van der Waals surface area contributed by atoms with Crippen molar-refractivity contribution in [3.8, 4) is 11.4 Å². The molecule has 6 heteroatoms. The molecule has 0 N–H and O–H groups in total. The van der Waals surface area contributed by atoms with Crippen molar-refractivity contribution < 1.29 is 0 Å². The molecular formula is C19H14BrN3OS. The average Bonchev–Trinajstić information content (AvgIpc) is 3.16. The molecule has 0 unspecified atom stereocenters. The quantitative estimate of drug-likeness (QED) is 0.516. The van der Waals surface area contributed by atoms with Gasteiger partial charge in [0.15, 0.2) is 5.82 Å². The number of nitrogens with zero attached hydrogens (tertiary/aromatic N) is 3. The van der Waals surface area contributed by atoms with Crippen molar-refractivity contribution in [2.75, 3.05) is 0 Å². The van der Waals surface area contributed by atoms with Crippen LogP contribution in [0.2, 0.25) is 0 Å². The highest BCUT2D eigenvalue weighted by atomic mass is 79.9. The first-order chi connectivity index (χ1) is 12.2. The van der Waals surface area contributed by atoms with E-state index in [4.69, 9.17) is 0 Å². The van der Waals surface area contributed by atoms with Crippen LogP contribution in [-0.4, -0.2) is 14.6 Å². The Morgan fingerprint density at radius 2 is 1.92 bits per heavy atom. The minimum absolute atomic E-state index is 0.134. The van der Waals surface area contributed by atoms with Gasteiger partial charge in [0.05, 0.1) is 4.53 Å². The fourth-order valence-corrected chi connectivity index (χ4v) is 3.96. The molecule has 0 radical (unpaired) electrons. The van der Waals surface area contributed by atoms with E-state index in [-0.39, 0.29) is 5.56 Å². The van der Waals surface area contributed by atoms with Crippen LogP contribution in [0.4, 0.5) is 0 Å². The zero-order valence-corrected chi connectivity index (χ0v) is 15.8. The Hall–Kier alpha value is -2.31. The largest absolute Gasteiger partial charge is 0.291 e. The Kier molecular flexibility index (Phi) is 4.23. The zero-order valence-electron chi connectivity index (χ0n) is 13.4. The first-order valence-corrected chi connectivity index (χ1v) is 9.52. The molecule has 0 spiro atoms. The molecule has 0 atom stereocenters. The minimum Gasteiger partial charge on any atom is -0.266 e. The van der Waals surface area contributed by atoms with Gasteiger partial charge in [-0.2, -0.15) is 9.50 Å². The van der Waals surface area contributed by atoms with Gasteiger partial charge in [0, 0.05) is 10.0 Å². The predicted octanol–water partition coefficient (Wildman–Crippen LogP) is 3.69. The number of thiazole rings is 1. The van der Waals surface area contributed by atoms with E-state index < -0.39 is 0 Å². The van der Waals surface area contributed by atoms with Crippen molar-refractivity contribution in [1.29, 1.82) is 0 Å². The number of hydrogen-bond donors (Lipinski definition) is 0. The molecule has 2 heterocycles. The third-order valence-electron chi connectivity index (χ3n) is 3.98. The summed E-state index contributed by atoms with van der Waals surface area (Å²) in [6.45, 7) is 2.12. The molecule has 0 aliphatic heterocycles. The Morgan fingerprint density at radius 3 is 2.60 bits per heavy atom. The Balaban J connectivity index is 1.79. The van der Waals surface area contributed by atoms with Crippen LogP contribution in [0.15, 0.2) is 57.8 Å². The molecule has 4 nitrogen and oxygen atoms in total. The van der Waals surface area contributed by atoms with Gasteiger partial charge < -0.3 is 0 Å². The van der Waals surface area contributed by atoms with E-state index in [9.17, 15) is 4.79 Å². The predicted molar refractivity (Wildman–Crippen MR) is 105 cm³/mol. The van der Waals surface area contributed by atoms with Crippen molar-refractivity contribution >= 4 is 38.3 Å². The van der Waals surface area contributed by atoms with Gasteiger partial charge in [-0.25, -0.2) is 0 Å². The van der Waals surface area contributed by atoms with Crippen LogP contribution in [0, 0.1) is 0 Å². The molecule has 2 aromatic heterocycles. The van der Waals surface area contributed by atoms with Gasteiger partial charge in [0.1, 0.15) is 0 Å². The summed E-state index contributed by atoms with van der Waals surface area (Å²) in [6.07, 6.45) is 2.89. The second-order valence-electron chi connectivity index (χ2n) is 5.62. The summed E-state index contributed by atoms with van der Waals surface area (Å²) in [5, 5.41) is 4.39. The van der Waals surface area contributed by atoms with Crippen molar-refractivity contribution in [3.63, 3.8) is 0 Å². The Bertz CT molecular complexity index is 1160. The smallest absolute Gasteiger partial charge is 0.266 e. The SMILES string of the molecule is CCc1ccc(C=c2sc3nc(-c4ccccc4Br)nn3c2=O)cc1. The monoisotopic (exact) mass is 411 g/mol. The molecule has 4 aromatic rings. The molecule has 124 valence electrons. The van der Waals surface area contributed by atoms with Gasteiger partial charge in [-0.3, -0.25) is 4.79 Å². The van der Waals surface area contributed by atoms with E-state index in [2.05, 4.69) is 45.1 Å². The van der Waals surface area contributed by atoms with Crippen molar-refractivity contribution in [2.45, 2.75) is 13.3 Å². The van der Waals surface area contributed by atoms with Gasteiger partial charge in [0.25, 0.3) is 5.56 Å². The van der Waals surface area contributed by atoms with Crippen molar-refractivity contribution in [1.82, 2.24) is 14.6 Å². The number of benzene rings is 2. The Morgan fingerprint density at radius 1 is 1.16 bits per heavy atom. The summed E-state index contributed by atoms with van der Waals surface area (Å²) in [6, 6.07) is 15.9. The molecule has 0 aliphatic rings. The standard InChI is InChI=1S/C19H14BrN3OS/c1-2-12-7-9-13(10-8-12)11-16-18(24)23-19(25-16)21-17(22-23)14-5-3-4-6-15(14)20/h3-11H,2H2,1H3. The summed E-state index contributed by atoms with van der Waals surface area (Å²) in [5.74, 6) is 0.551. The van der Waals surface area contributed by atoms with Crippen molar-refractivity contribution in [3.05, 3.63) is 79.0 Å². The zero-order chi connectivity index (χ0) is 17.4. The van der Waals surface area contributed by atoms with Crippen LogP contribution in [0.25, 0.3) is 22.4 Å². The second kappa shape index (κ2) is 6.54. The lowest BCUT2D eigenvalue weighted by Crippen LogP contribution is -2.23. The first kappa shape index (κ1) is 16.2. The van der Waals surface area contributed by atoms with Crippen LogP contribution in [0.3, 0.4) is 0 Å². The van der Waals surface area contributed by atoms with Gasteiger partial charge in [-0.05, 0) is 35.8 Å². The highest BCUT2D eigenvalue weighted by Crippen LogP contribution is 2.25. The van der Waals surface area contributed by atoms with Crippen LogP contribution in [-0.2, 0) is 6.42 Å². The fourth-order valence-electron chi connectivity index (χ4n) is 2.59. The topological polar surface area (TPSA) is 47.3 Å². The molecule has 4 rings (SSSR count). The Labute approximate surface area is 156 Å². The molecule has 0 bridgehead atoms. The van der Waals surface area contributed by atoms with Crippen LogP contribution in [0.1, 0.15) is 18.1 Å². The van der Waals surface area contributed by atoms with E-state index in [0.717, 1.165) is 22.0 Å². The van der Waals surface area contributed by atoms with Crippen LogP contribution in [0.5, 0.6) is 0 Å². The molecule has 0 fully saturated rings. The third kappa shape index (κ3) is 3.03. The molecule has 2 aromatic carbocycles. The van der Waals surface area contributed by atoms with E-state index in [0.29, 0.717) is 15.3 Å². The maximum absolute atomic E-state index is 12.6. The number of hydrogen-bond acceptors (Lipinski definition) is 4. The van der Waals surface area contributed by atoms with E-state index in [1.807, 2.05) is 42.5 Å². The van der Waals surface area contributed by atoms with Crippen molar-refractivity contribution in [2.24, 2.45) is 0 Å². The van der Waals surface area contributed by atoms with Gasteiger partial charge >= 0.3 is 0 Å². The minimum atomic E-state index is -0.134. The number of aryl methyl sites for hydroxylation is 1. The number of rotatable bonds is 3. The lowest BCUT2D eigenvalue weighted by Gasteiger charge is -1.97. The highest BCUT2D eigenvalue weighted by molar-refractivity contribution is 9.10. The summed E-state index contributed by atoms with van der Waals surface area (Å²) in [7, 11) is 0. The lowest BCUT2D eigenvalue weighted by atomic mass is 10.1. The number of halogens is 1. The molecular weight excluding hydrogens is 398 g/mol. The summed E-state index contributed by atoms with van der Waals surface area (Å²) >= 11 is 4.85. The van der Waals surface area contributed by atoms with Crippen LogP contribution < -0.4 is 10.1 Å². The normalized spacial score (nSPS) is 12.2. The highest BCUT2D eigenvalue weighted by Gasteiger charge is 2.13. The second-order valence-corrected chi connectivity index (χ2v) is 7.48. The lowest BCUT2D eigenvalue weighted by molar-refractivity contribution is 0.936. The van der Waals surface area contributed by atoms with E-state index >= 15 is 0 Å². The molecule has 0 saturated heterocycles. The molecule has 0 aliphatic carbocycles. The number of fused-ring (bicyclic) bond motifs is 1. The molecule has 0 amide bonds. The maximum Gasteiger partial charge on any atom is 0.291 e. The van der Waals surface area contributed by atoms with Gasteiger partial charge in [0.2, 0.25) is 4.96 Å². The summed E-state index contributed by atoms with van der Waals surface area (Å²) < 4.78 is 2.92. The number of aromatic nitrogens is 3. The van der Waals surface area contributed by atoms with E-state index in [1.54, 1.807) is 0 Å². The van der Waals surface area contributed by atoms with Gasteiger partial charge in [-0.1, -0.05) is 70.6 Å². The first-order valence-electron chi connectivity index (χ1n) is 7.91. The average molecular weight is 412 g/mol. The molecule has 0 saturated carbocycles. The summed E-state index contributed by atoms with van der Waals surface area (Å²) in [5.41, 5.74) is 3.02. The fraction of sp³-hybridized carbons (Fsp3) is 0.105.